The lowest BCUT2D eigenvalue weighted by molar-refractivity contribution is -0.151. The summed E-state index contributed by atoms with van der Waals surface area (Å²) in [5, 5.41) is 0. The van der Waals surface area contributed by atoms with E-state index in [0.29, 0.717) is 18.7 Å². The summed E-state index contributed by atoms with van der Waals surface area (Å²) >= 11 is 0. The Hall–Kier alpha value is -3.54. The molecule has 0 N–H and O–H groups in total. The molecular formula is C23H21NO5. The number of esters is 1. The standard InChI is InChI=1S/C23H21NO5/c1-27-19-9-4-6-16(12-19)15-29-23(26)20-13-17-7-2-3-8-18(17)14-24(20)22(25)21-10-5-11-28-21/h2-12,20H,13-15H2,1H3. The summed E-state index contributed by atoms with van der Waals surface area (Å²) in [7, 11) is 1.59. The second-order valence-corrected chi connectivity index (χ2v) is 6.86. The Bertz CT molecular complexity index is 1010. The number of hydrogen-bond acceptors (Lipinski definition) is 5. The molecule has 1 aliphatic rings. The highest BCUT2D eigenvalue weighted by molar-refractivity contribution is 5.95. The fraction of sp³-hybridized carbons (Fsp3) is 0.217. The highest BCUT2D eigenvalue weighted by Gasteiger charge is 2.37. The Labute approximate surface area is 168 Å². The van der Waals surface area contributed by atoms with Crippen molar-refractivity contribution < 1.29 is 23.5 Å². The second-order valence-electron chi connectivity index (χ2n) is 6.86. The average molecular weight is 391 g/mol. The van der Waals surface area contributed by atoms with E-state index in [1.807, 2.05) is 48.5 Å². The van der Waals surface area contributed by atoms with Crippen LogP contribution in [0.25, 0.3) is 0 Å². The molecule has 148 valence electrons. The summed E-state index contributed by atoms with van der Waals surface area (Å²) in [6, 6.07) is 17.7. The first-order valence-corrected chi connectivity index (χ1v) is 9.36. The zero-order valence-electron chi connectivity index (χ0n) is 16.0. The number of benzene rings is 2. The monoisotopic (exact) mass is 391 g/mol. The van der Waals surface area contributed by atoms with Crippen LogP contribution in [0.5, 0.6) is 5.75 Å². The number of rotatable bonds is 5. The quantitative estimate of drug-likeness (QED) is 0.622. The minimum absolute atomic E-state index is 0.108. The van der Waals surface area contributed by atoms with E-state index < -0.39 is 12.0 Å². The van der Waals surface area contributed by atoms with Gasteiger partial charge in [-0.2, -0.15) is 0 Å². The number of methoxy groups -OCH3 is 1. The zero-order chi connectivity index (χ0) is 20.2. The fourth-order valence-electron chi connectivity index (χ4n) is 3.50. The molecule has 0 bridgehead atoms. The van der Waals surface area contributed by atoms with Gasteiger partial charge in [0, 0.05) is 13.0 Å². The van der Waals surface area contributed by atoms with Crippen LogP contribution in [-0.4, -0.2) is 29.9 Å². The van der Waals surface area contributed by atoms with E-state index in [2.05, 4.69) is 0 Å². The molecule has 0 saturated heterocycles. The summed E-state index contributed by atoms with van der Waals surface area (Å²) in [4.78, 5) is 27.4. The predicted molar refractivity (Wildman–Crippen MR) is 105 cm³/mol. The lowest BCUT2D eigenvalue weighted by atomic mass is 9.93. The topological polar surface area (TPSA) is 69.0 Å². The molecule has 0 saturated carbocycles. The summed E-state index contributed by atoms with van der Waals surface area (Å²) in [5.74, 6) is 0.129. The molecule has 1 amide bonds. The molecule has 6 heteroatoms. The Morgan fingerprint density at radius 2 is 1.90 bits per heavy atom. The molecule has 1 unspecified atom stereocenters. The molecule has 4 rings (SSSR count). The molecule has 0 aliphatic carbocycles. The second kappa shape index (κ2) is 8.22. The van der Waals surface area contributed by atoms with Gasteiger partial charge in [-0.3, -0.25) is 4.79 Å². The molecule has 6 nitrogen and oxygen atoms in total. The number of furan rings is 1. The Balaban J connectivity index is 1.54. The third kappa shape index (κ3) is 4.01. The van der Waals surface area contributed by atoms with Crippen LogP contribution in [0.4, 0.5) is 0 Å². The van der Waals surface area contributed by atoms with E-state index in [9.17, 15) is 9.59 Å². The van der Waals surface area contributed by atoms with Gasteiger partial charge in [0.25, 0.3) is 5.91 Å². The van der Waals surface area contributed by atoms with E-state index >= 15 is 0 Å². The van der Waals surface area contributed by atoms with Crippen molar-refractivity contribution in [3.05, 3.63) is 89.4 Å². The lowest BCUT2D eigenvalue weighted by Crippen LogP contribution is -2.49. The van der Waals surface area contributed by atoms with E-state index in [0.717, 1.165) is 16.7 Å². The lowest BCUT2D eigenvalue weighted by Gasteiger charge is -2.34. The van der Waals surface area contributed by atoms with E-state index in [1.54, 1.807) is 19.2 Å². The van der Waals surface area contributed by atoms with Crippen molar-refractivity contribution in [3.63, 3.8) is 0 Å². The molecule has 1 atom stereocenters. The number of amides is 1. The number of nitrogens with zero attached hydrogens (tertiary/aromatic N) is 1. The molecule has 1 aromatic heterocycles. The first-order chi connectivity index (χ1) is 14.2. The maximum absolute atomic E-state index is 13.0. The van der Waals surface area contributed by atoms with Crippen LogP contribution < -0.4 is 4.74 Å². The number of ether oxygens (including phenoxy) is 2. The van der Waals surface area contributed by atoms with Gasteiger partial charge in [-0.1, -0.05) is 36.4 Å². The molecule has 2 aromatic carbocycles. The van der Waals surface area contributed by atoms with Crippen LogP contribution in [0.1, 0.15) is 27.2 Å². The predicted octanol–water partition coefficient (Wildman–Crippen LogP) is 3.60. The van der Waals surface area contributed by atoms with Crippen molar-refractivity contribution in [1.29, 1.82) is 0 Å². The Kier molecular flexibility index (Phi) is 5.33. The summed E-state index contributed by atoms with van der Waals surface area (Å²) in [6.45, 7) is 0.436. The molecular weight excluding hydrogens is 370 g/mol. The number of fused-ring (bicyclic) bond motifs is 1. The van der Waals surface area contributed by atoms with Crippen LogP contribution in [0, 0.1) is 0 Å². The van der Waals surface area contributed by atoms with Gasteiger partial charge < -0.3 is 18.8 Å². The number of carbonyl (C=O) groups excluding carboxylic acids is 2. The van der Waals surface area contributed by atoms with Crippen LogP contribution in [0.3, 0.4) is 0 Å². The fourth-order valence-corrected chi connectivity index (χ4v) is 3.50. The summed E-state index contributed by atoms with van der Waals surface area (Å²) < 4.78 is 16.0. The van der Waals surface area contributed by atoms with Gasteiger partial charge in [0.2, 0.25) is 0 Å². The van der Waals surface area contributed by atoms with Gasteiger partial charge in [-0.05, 0) is 41.0 Å². The smallest absolute Gasteiger partial charge is 0.329 e. The highest BCUT2D eigenvalue weighted by Crippen LogP contribution is 2.26. The SMILES string of the molecule is COc1cccc(COC(=O)C2Cc3ccccc3CN2C(=O)c2ccco2)c1. The van der Waals surface area contributed by atoms with Crippen molar-refractivity contribution in [1.82, 2.24) is 4.90 Å². The maximum atomic E-state index is 13.0. The minimum Gasteiger partial charge on any atom is -0.497 e. The Morgan fingerprint density at radius 3 is 2.66 bits per heavy atom. The molecule has 3 aromatic rings. The van der Waals surface area contributed by atoms with Gasteiger partial charge in [-0.15, -0.1) is 0 Å². The largest absolute Gasteiger partial charge is 0.497 e. The van der Waals surface area contributed by atoms with Crippen LogP contribution in [0.2, 0.25) is 0 Å². The van der Waals surface area contributed by atoms with E-state index in [-0.39, 0.29) is 18.3 Å². The Morgan fingerprint density at radius 1 is 1.07 bits per heavy atom. The van der Waals surface area contributed by atoms with Crippen molar-refractivity contribution >= 4 is 11.9 Å². The van der Waals surface area contributed by atoms with Crippen LogP contribution in [-0.2, 0) is 29.1 Å². The molecule has 2 heterocycles. The van der Waals surface area contributed by atoms with Crippen molar-refractivity contribution in [2.24, 2.45) is 0 Å². The van der Waals surface area contributed by atoms with E-state index in [1.165, 1.54) is 11.2 Å². The third-order valence-electron chi connectivity index (χ3n) is 5.03. The first kappa shape index (κ1) is 18.8. The summed E-state index contributed by atoms with van der Waals surface area (Å²) in [6.07, 6.45) is 1.85. The maximum Gasteiger partial charge on any atom is 0.329 e. The normalized spacial score (nSPS) is 15.5. The van der Waals surface area contributed by atoms with Gasteiger partial charge >= 0.3 is 5.97 Å². The van der Waals surface area contributed by atoms with Gasteiger partial charge in [0.1, 0.15) is 18.4 Å². The first-order valence-electron chi connectivity index (χ1n) is 9.36. The van der Waals surface area contributed by atoms with Crippen molar-refractivity contribution in [2.75, 3.05) is 7.11 Å². The number of hydrogen-bond donors (Lipinski definition) is 0. The van der Waals surface area contributed by atoms with Gasteiger partial charge in [-0.25, -0.2) is 4.79 Å². The minimum atomic E-state index is -0.715. The zero-order valence-corrected chi connectivity index (χ0v) is 16.0. The highest BCUT2D eigenvalue weighted by atomic mass is 16.5. The van der Waals surface area contributed by atoms with Crippen molar-refractivity contribution in [3.8, 4) is 5.75 Å². The van der Waals surface area contributed by atoms with E-state index in [4.69, 9.17) is 13.9 Å². The van der Waals surface area contributed by atoms with Gasteiger partial charge in [0.15, 0.2) is 5.76 Å². The third-order valence-corrected chi connectivity index (χ3v) is 5.03. The number of carbonyl (C=O) groups is 2. The molecule has 0 fully saturated rings. The molecule has 29 heavy (non-hydrogen) atoms. The van der Waals surface area contributed by atoms with Crippen molar-refractivity contribution in [2.45, 2.75) is 25.6 Å². The van der Waals surface area contributed by atoms with Crippen LogP contribution >= 0.6 is 0 Å². The molecule has 0 radical (unpaired) electrons. The molecule has 0 spiro atoms. The summed E-state index contributed by atoms with van der Waals surface area (Å²) in [5.41, 5.74) is 2.88. The molecule has 1 aliphatic heterocycles. The van der Waals surface area contributed by atoms with Gasteiger partial charge in [0.05, 0.1) is 13.4 Å². The van der Waals surface area contributed by atoms with Crippen LogP contribution in [0.15, 0.2) is 71.3 Å². The average Bonchev–Trinajstić information content (AvgIpc) is 3.31.